The van der Waals surface area contributed by atoms with E-state index in [1.165, 1.54) is 0 Å². The van der Waals surface area contributed by atoms with E-state index in [2.05, 4.69) is 4.98 Å². The van der Waals surface area contributed by atoms with Crippen LogP contribution in [0.25, 0.3) is 22.0 Å². The molecule has 22 heavy (non-hydrogen) atoms. The van der Waals surface area contributed by atoms with Crippen molar-refractivity contribution >= 4 is 34.9 Å². The van der Waals surface area contributed by atoms with E-state index < -0.39 is 0 Å². The number of nitrogens with one attached hydrogen (secondary N) is 1. The van der Waals surface area contributed by atoms with Crippen molar-refractivity contribution in [1.82, 2.24) is 4.98 Å². The van der Waals surface area contributed by atoms with Gasteiger partial charge in [0.15, 0.2) is 0 Å². The van der Waals surface area contributed by atoms with Gasteiger partial charge in [-0.1, -0.05) is 29.8 Å². The third-order valence-corrected chi connectivity index (χ3v) is 3.79. The molecule has 0 spiro atoms. The second kappa shape index (κ2) is 6.53. The van der Waals surface area contributed by atoms with Crippen LogP contribution in [-0.2, 0) is 0 Å². The summed E-state index contributed by atoms with van der Waals surface area (Å²) in [6, 6.07) is 15.2. The number of hydrogen-bond donors (Lipinski definition) is 2. The van der Waals surface area contributed by atoms with Crippen LogP contribution in [0, 0.1) is 0 Å². The van der Waals surface area contributed by atoms with Crippen molar-refractivity contribution in [1.29, 1.82) is 0 Å². The molecule has 0 amide bonds. The molecule has 1 heterocycles. The highest BCUT2D eigenvalue weighted by Crippen LogP contribution is 2.25. The smallest absolute Gasteiger partial charge is 0.253 e. The lowest BCUT2D eigenvalue weighted by molar-refractivity contribution is 0.804. The molecule has 0 saturated carbocycles. The molecule has 0 aliphatic rings. The fourth-order valence-electron chi connectivity index (χ4n) is 2.38. The third-order valence-electron chi connectivity index (χ3n) is 3.54. The molecule has 0 bridgehead atoms. The van der Waals surface area contributed by atoms with Gasteiger partial charge in [-0.15, -0.1) is 12.4 Å². The minimum atomic E-state index is -0.294. The number of aromatic amines is 1. The first kappa shape index (κ1) is 16.6. The number of nitrogens with two attached hydrogens (primary N) is 1. The molecular weight excluding hydrogens is 319 g/mol. The average Bonchev–Trinajstić information content (AvgIpc) is 2.46. The van der Waals surface area contributed by atoms with Gasteiger partial charge >= 0.3 is 0 Å². The van der Waals surface area contributed by atoms with Crippen molar-refractivity contribution in [2.75, 3.05) is 0 Å². The predicted octanol–water partition coefficient (Wildman–Crippen LogP) is 4.29. The molecule has 114 valence electrons. The topological polar surface area (TPSA) is 58.9 Å². The third kappa shape index (κ3) is 3.17. The maximum atomic E-state index is 11.9. The molecule has 5 heteroatoms. The van der Waals surface area contributed by atoms with Gasteiger partial charge in [-0.05, 0) is 53.8 Å². The Labute approximate surface area is 139 Å². The van der Waals surface area contributed by atoms with E-state index >= 15 is 0 Å². The van der Waals surface area contributed by atoms with E-state index in [1.54, 1.807) is 6.92 Å². The van der Waals surface area contributed by atoms with Gasteiger partial charge in [0.2, 0.25) is 0 Å². The lowest BCUT2D eigenvalue weighted by atomic mass is 10.0. The first-order valence-electron chi connectivity index (χ1n) is 6.73. The van der Waals surface area contributed by atoms with Crippen LogP contribution in [0.5, 0.6) is 0 Å². The summed E-state index contributed by atoms with van der Waals surface area (Å²) in [7, 11) is 0. The van der Waals surface area contributed by atoms with Crippen LogP contribution in [-0.4, -0.2) is 4.98 Å². The molecule has 3 aromatic rings. The van der Waals surface area contributed by atoms with Gasteiger partial charge in [0.05, 0.1) is 0 Å². The number of halogens is 2. The van der Waals surface area contributed by atoms with Gasteiger partial charge < -0.3 is 10.7 Å². The Morgan fingerprint density at radius 1 is 1.05 bits per heavy atom. The highest BCUT2D eigenvalue weighted by Gasteiger charge is 2.08. The summed E-state index contributed by atoms with van der Waals surface area (Å²) in [6.07, 6.45) is 0. The first-order valence-corrected chi connectivity index (χ1v) is 7.11. The van der Waals surface area contributed by atoms with Crippen LogP contribution in [0.3, 0.4) is 0 Å². The molecule has 0 aliphatic heterocycles. The van der Waals surface area contributed by atoms with Crippen molar-refractivity contribution in [2.24, 2.45) is 5.73 Å². The first-order chi connectivity index (χ1) is 10.0. The summed E-state index contributed by atoms with van der Waals surface area (Å²) in [5.41, 5.74) is 9.26. The SMILES string of the molecule is CC(N)c1cc2cc(-c3ccc(Cl)cc3)ccc2[nH]c1=O.Cl. The van der Waals surface area contributed by atoms with E-state index in [9.17, 15) is 4.79 Å². The largest absolute Gasteiger partial charge is 0.324 e. The molecule has 0 fully saturated rings. The van der Waals surface area contributed by atoms with Gasteiger partial charge in [-0.3, -0.25) is 4.79 Å². The van der Waals surface area contributed by atoms with Gasteiger partial charge in [-0.2, -0.15) is 0 Å². The molecular formula is C17H16Cl2N2O. The molecule has 0 saturated heterocycles. The van der Waals surface area contributed by atoms with Crippen molar-refractivity contribution < 1.29 is 0 Å². The van der Waals surface area contributed by atoms with Crippen molar-refractivity contribution in [2.45, 2.75) is 13.0 Å². The summed E-state index contributed by atoms with van der Waals surface area (Å²) in [5.74, 6) is 0. The number of rotatable bonds is 2. The molecule has 0 aliphatic carbocycles. The summed E-state index contributed by atoms with van der Waals surface area (Å²) < 4.78 is 0. The molecule has 1 atom stereocenters. The lowest BCUT2D eigenvalue weighted by Gasteiger charge is -2.08. The van der Waals surface area contributed by atoms with E-state index in [4.69, 9.17) is 17.3 Å². The predicted molar refractivity (Wildman–Crippen MR) is 94.9 cm³/mol. The minimum Gasteiger partial charge on any atom is -0.324 e. The molecule has 1 unspecified atom stereocenters. The quantitative estimate of drug-likeness (QED) is 0.734. The summed E-state index contributed by atoms with van der Waals surface area (Å²) in [4.78, 5) is 14.8. The van der Waals surface area contributed by atoms with Gasteiger partial charge in [0, 0.05) is 22.1 Å². The summed E-state index contributed by atoms with van der Waals surface area (Å²) in [5, 5.41) is 1.68. The fraction of sp³-hybridized carbons (Fsp3) is 0.118. The Morgan fingerprint density at radius 3 is 2.32 bits per heavy atom. The highest BCUT2D eigenvalue weighted by atomic mass is 35.5. The van der Waals surface area contributed by atoms with Gasteiger partial charge in [-0.25, -0.2) is 0 Å². The number of benzene rings is 2. The van der Waals surface area contributed by atoms with Crippen molar-refractivity contribution in [3.8, 4) is 11.1 Å². The zero-order chi connectivity index (χ0) is 15.0. The number of hydrogen-bond acceptors (Lipinski definition) is 2. The number of fused-ring (bicyclic) bond motifs is 1. The fourth-order valence-corrected chi connectivity index (χ4v) is 2.51. The van der Waals surface area contributed by atoms with E-state index in [-0.39, 0.29) is 24.0 Å². The minimum absolute atomic E-state index is 0. The van der Waals surface area contributed by atoms with Crippen LogP contribution in [0.4, 0.5) is 0 Å². The molecule has 3 rings (SSSR count). The molecule has 2 aromatic carbocycles. The molecule has 3 N–H and O–H groups in total. The van der Waals surface area contributed by atoms with Gasteiger partial charge in [0.1, 0.15) is 0 Å². The molecule has 1 aromatic heterocycles. The zero-order valence-corrected chi connectivity index (χ0v) is 13.5. The zero-order valence-electron chi connectivity index (χ0n) is 12.0. The van der Waals surface area contributed by atoms with Crippen molar-refractivity contribution in [3.63, 3.8) is 0 Å². The van der Waals surface area contributed by atoms with Crippen LogP contribution in [0.15, 0.2) is 53.3 Å². The lowest BCUT2D eigenvalue weighted by Crippen LogP contribution is -2.19. The Kier molecular flexibility index (Phi) is 4.91. The van der Waals surface area contributed by atoms with Crippen molar-refractivity contribution in [3.05, 3.63) is 69.5 Å². The molecule has 3 nitrogen and oxygen atoms in total. The maximum Gasteiger partial charge on any atom is 0.253 e. The van der Waals surface area contributed by atoms with Gasteiger partial charge in [0.25, 0.3) is 5.56 Å². The highest BCUT2D eigenvalue weighted by molar-refractivity contribution is 6.30. The maximum absolute atomic E-state index is 11.9. The summed E-state index contributed by atoms with van der Waals surface area (Å²) >= 11 is 5.91. The average molecular weight is 335 g/mol. The Balaban J connectivity index is 0.00000176. The van der Waals surface area contributed by atoms with Crippen LogP contribution in [0.1, 0.15) is 18.5 Å². The number of H-pyrrole nitrogens is 1. The van der Waals surface area contributed by atoms with Crippen LogP contribution in [0.2, 0.25) is 5.02 Å². The molecule has 0 radical (unpaired) electrons. The second-order valence-corrected chi connectivity index (χ2v) is 5.59. The Morgan fingerprint density at radius 2 is 1.68 bits per heavy atom. The van der Waals surface area contributed by atoms with Crippen LogP contribution < -0.4 is 11.3 Å². The van der Waals surface area contributed by atoms with E-state index in [1.807, 2.05) is 48.5 Å². The van der Waals surface area contributed by atoms with E-state index in [0.29, 0.717) is 10.6 Å². The monoisotopic (exact) mass is 334 g/mol. The van der Waals surface area contributed by atoms with Crippen LogP contribution >= 0.6 is 24.0 Å². The number of pyridine rings is 1. The van der Waals surface area contributed by atoms with E-state index in [0.717, 1.165) is 22.0 Å². The Hall–Kier alpha value is -1.81. The summed E-state index contributed by atoms with van der Waals surface area (Å²) in [6.45, 7) is 1.81. The number of aromatic nitrogens is 1. The Bertz CT molecular complexity index is 855. The second-order valence-electron chi connectivity index (χ2n) is 5.15. The normalized spacial score (nSPS) is 12.0. The standard InChI is InChI=1S/C17H15ClN2O.ClH/c1-10(19)15-9-13-8-12(4-7-16(13)20-17(15)21)11-2-5-14(18)6-3-11;/h2-10H,19H2,1H3,(H,20,21);1H.